The van der Waals surface area contributed by atoms with Gasteiger partial charge in [-0.3, -0.25) is 4.98 Å². The highest BCUT2D eigenvalue weighted by Crippen LogP contribution is 2.30. The summed E-state index contributed by atoms with van der Waals surface area (Å²) < 4.78 is 6.15. The molecule has 1 unspecified atom stereocenters. The van der Waals surface area contributed by atoms with Gasteiger partial charge in [-0.15, -0.1) is 11.3 Å². The maximum Gasteiger partial charge on any atom is 0.237 e. The van der Waals surface area contributed by atoms with E-state index in [0.717, 1.165) is 9.35 Å². The number of nitrogens with zero attached hydrogens (tertiary/aromatic N) is 2. The van der Waals surface area contributed by atoms with Crippen molar-refractivity contribution >= 4 is 27.3 Å². The van der Waals surface area contributed by atoms with Crippen molar-refractivity contribution in [1.82, 2.24) is 9.97 Å². The van der Waals surface area contributed by atoms with Crippen LogP contribution in [-0.2, 0) is 0 Å². The van der Waals surface area contributed by atoms with Crippen molar-refractivity contribution in [1.29, 1.82) is 0 Å². The largest absolute Gasteiger partial charge is 0.480 e. The highest BCUT2D eigenvalue weighted by atomic mass is 79.9. The van der Waals surface area contributed by atoms with Gasteiger partial charge in [0.25, 0.3) is 0 Å². The Kier molecular flexibility index (Phi) is 3.52. The molecule has 0 aliphatic rings. The van der Waals surface area contributed by atoms with Gasteiger partial charge < -0.3 is 10.5 Å². The van der Waals surface area contributed by atoms with Crippen molar-refractivity contribution in [3.63, 3.8) is 0 Å². The number of methoxy groups -OCH3 is 1. The van der Waals surface area contributed by atoms with E-state index in [1.807, 2.05) is 11.4 Å². The highest BCUT2D eigenvalue weighted by Gasteiger charge is 2.17. The third-order valence-electron chi connectivity index (χ3n) is 2.07. The topological polar surface area (TPSA) is 61.0 Å². The zero-order valence-electron chi connectivity index (χ0n) is 8.55. The Morgan fingerprint density at radius 3 is 2.81 bits per heavy atom. The number of nitrogens with two attached hydrogens (primary N) is 1. The third-order valence-corrected chi connectivity index (χ3v) is 3.85. The van der Waals surface area contributed by atoms with Crippen LogP contribution in [0.3, 0.4) is 0 Å². The SMILES string of the molecule is COc1nccnc1C(N)c1cc(Br)cs1. The Labute approximate surface area is 106 Å². The second-order valence-electron chi connectivity index (χ2n) is 3.10. The van der Waals surface area contributed by atoms with Crippen LogP contribution < -0.4 is 10.5 Å². The van der Waals surface area contributed by atoms with Crippen LogP contribution in [0.25, 0.3) is 0 Å². The van der Waals surface area contributed by atoms with Crippen LogP contribution in [0.4, 0.5) is 0 Å². The second-order valence-corrected chi connectivity index (χ2v) is 4.95. The summed E-state index contributed by atoms with van der Waals surface area (Å²) in [6.45, 7) is 0. The first-order chi connectivity index (χ1) is 7.72. The van der Waals surface area contributed by atoms with Crippen molar-refractivity contribution in [3.8, 4) is 5.88 Å². The number of hydrogen-bond donors (Lipinski definition) is 1. The molecule has 0 radical (unpaired) electrons. The van der Waals surface area contributed by atoms with Crippen LogP contribution in [0, 0.1) is 0 Å². The van der Waals surface area contributed by atoms with Gasteiger partial charge in [-0.2, -0.15) is 0 Å². The average molecular weight is 300 g/mol. The smallest absolute Gasteiger partial charge is 0.237 e. The summed E-state index contributed by atoms with van der Waals surface area (Å²) in [5, 5.41) is 1.98. The van der Waals surface area contributed by atoms with E-state index in [-0.39, 0.29) is 6.04 Å². The number of aromatic nitrogens is 2. The molecule has 0 saturated heterocycles. The molecule has 0 bridgehead atoms. The molecule has 4 nitrogen and oxygen atoms in total. The minimum Gasteiger partial charge on any atom is -0.480 e. The fraction of sp³-hybridized carbons (Fsp3) is 0.200. The Morgan fingerprint density at radius 1 is 1.44 bits per heavy atom. The highest BCUT2D eigenvalue weighted by molar-refractivity contribution is 9.10. The Balaban J connectivity index is 2.36. The molecule has 2 rings (SSSR count). The lowest BCUT2D eigenvalue weighted by Gasteiger charge is -2.11. The van der Waals surface area contributed by atoms with Gasteiger partial charge >= 0.3 is 0 Å². The van der Waals surface area contributed by atoms with E-state index in [4.69, 9.17) is 10.5 Å². The van der Waals surface area contributed by atoms with E-state index in [2.05, 4.69) is 25.9 Å². The molecule has 1 atom stereocenters. The quantitative estimate of drug-likeness (QED) is 0.945. The molecular formula is C10H10BrN3OS. The van der Waals surface area contributed by atoms with Crippen molar-refractivity contribution in [3.05, 3.63) is 38.9 Å². The molecule has 0 aliphatic carbocycles. The van der Waals surface area contributed by atoms with Crippen molar-refractivity contribution < 1.29 is 4.74 Å². The molecule has 2 aromatic rings. The van der Waals surface area contributed by atoms with Gasteiger partial charge in [0, 0.05) is 27.1 Å². The van der Waals surface area contributed by atoms with Gasteiger partial charge in [-0.1, -0.05) is 0 Å². The summed E-state index contributed by atoms with van der Waals surface area (Å²) in [5.41, 5.74) is 6.77. The van der Waals surface area contributed by atoms with Gasteiger partial charge in [-0.05, 0) is 22.0 Å². The lowest BCUT2D eigenvalue weighted by Crippen LogP contribution is -2.14. The molecule has 0 amide bonds. The van der Waals surface area contributed by atoms with Crippen LogP contribution in [0.5, 0.6) is 5.88 Å². The molecule has 0 aliphatic heterocycles. The van der Waals surface area contributed by atoms with Crippen molar-refractivity contribution in [2.75, 3.05) is 7.11 Å². The van der Waals surface area contributed by atoms with Crippen LogP contribution in [0.15, 0.2) is 28.3 Å². The maximum absolute atomic E-state index is 6.11. The molecule has 0 aromatic carbocycles. The van der Waals surface area contributed by atoms with E-state index in [1.165, 1.54) is 0 Å². The molecule has 0 fully saturated rings. The Bertz CT molecular complexity index is 488. The predicted molar refractivity (Wildman–Crippen MR) is 66.6 cm³/mol. The molecule has 16 heavy (non-hydrogen) atoms. The number of hydrogen-bond acceptors (Lipinski definition) is 5. The molecule has 0 saturated carbocycles. The minimum absolute atomic E-state index is 0.306. The standard InChI is InChI=1S/C10H10BrN3OS/c1-15-10-9(13-2-3-14-10)8(12)7-4-6(11)5-16-7/h2-5,8H,12H2,1H3. The first-order valence-electron chi connectivity index (χ1n) is 4.56. The Morgan fingerprint density at radius 2 is 2.19 bits per heavy atom. The molecule has 0 spiro atoms. The molecule has 6 heteroatoms. The summed E-state index contributed by atoms with van der Waals surface area (Å²) in [7, 11) is 1.56. The molecule has 2 N–H and O–H groups in total. The predicted octanol–water partition coefficient (Wildman–Crippen LogP) is 2.36. The van der Waals surface area contributed by atoms with Gasteiger partial charge in [0.2, 0.25) is 5.88 Å². The summed E-state index contributed by atoms with van der Waals surface area (Å²) in [5.74, 6) is 0.472. The van der Waals surface area contributed by atoms with Crippen LogP contribution in [0.2, 0.25) is 0 Å². The summed E-state index contributed by atoms with van der Waals surface area (Å²) >= 11 is 4.97. The van der Waals surface area contributed by atoms with Gasteiger partial charge in [-0.25, -0.2) is 4.98 Å². The molecule has 2 aromatic heterocycles. The fourth-order valence-electron chi connectivity index (χ4n) is 1.33. The first kappa shape index (κ1) is 11.5. The van der Waals surface area contributed by atoms with Gasteiger partial charge in [0.1, 0.15) is 5.69 Å². The summed E-state index contributed by atoms with van der Waals surface area (Å²) in [6, 6.07) is 1.67. The van der Waals surface area contributed by atoms with E-state index in [0.29, 0.717) is 11.6 Å². The fourth-order valence-corrected chi connectivity index (χ4v) is 2.78. The van der Waals surface area contributed by atoms with Crippen LogP contribution >= 0.6 is 27.3 Å². The second kappa shape index (κ2) is 4.90. The van der Waals surface area contributed by atoms with Crippen LogP contribution in [-0.4, -0.2) is 17.1 Å². The molecule has 84 valence electrons. The van der Waals surface area contributed by atoms with Gasteiger partial charge in [0.05, 0.1) is 13.2 Å². The molecule has 2 heterocycles. The first-order valence-corrected chi connectivity index (χ1v) is 6.24. The minimum atomic E-state index is -0.306. The number of halogens is 1. The maximum atomic E-state index is 6.11. The van der Waals surface area contributed by atoms with Crippen LogP contribution in [0.1, 0.15) is 16.6 Å². The summed E-state index contributed by atoms with van der Waals surface area (Å²) in [6.07, 6.45) is 3.19. The third kappa shape index (κ3) is 2.23. The van der Waals surface area contributed by atoms with Crippen molar-refractivity contribution in [2.24, 2.45) is 5.73 Å². The number of thiophene rings is 1. The Hall–Kier alpha value is -0.980. The molecular weight excluding hydrogens is 290 g/mol. The normalized spacial score (nSPS) is 12.4. The van der Waals surface area contributed by atoms with Gasteiger partial charge in [0.15, 0.2) is 0 Å². The number of ether oxygens (including phenoxy) is 1. The lowest BCUT2D eigenvalue weighted by atomic mass is 10.2. The average Bonchev–Trinajstić information content (AvgIpc) is 2.75. The number of rotatable bonds is 3. The zero-order chi connectivity index (χ0) is 11.5. The van der Waals surface area contributed by atoms with E-state index in [9.17, 15) is 0 Å². The van der Waals surface area contributed by atoms with E-state index >= 15 is 0 Å². The van der Waals surface area contributed by atoms with E-state index < -0.39 is 0 Å². The summed E-state index contributed by atoms with van der Waals surface area (Å²) in [4.78, 5) is 9.31. The lowest BCUT2D eigenvalue weighted by molar-refractivity contribution is 0.387. The van der Waals surface area contributed by atoms with Crippen molar-refractivity contribution in [2.45, 2.75) is 6.04 Å². The van der Waals surface area contributed by atoms with E-state index in [1.54, 1.807) is 30.8 Å². The zero-order valence-corrected chi connectivity index (χ0v) is 11.0. The monoisotopic (exact) mass is 299 g/mol.